The number of halogens is 1. The van der Waals surface area contributed by atoms with E-state index in [1.54, 1.807) is 12.1 Å². The minimum absolute atomic E-state index is 0.0889. The second-order valence-corrected chi connectivity index (χ2v) is 2.85. The maximum absolute atomic E-state index is 5.69. The zero-order valence-corrected chi connectivity index (χ0v) is 7.66. The van der Waals surface area contributed by atoms with Gasteiger partial charge in [0.25, 0.3) is 0 Å². The quantitative estimate of drug-likeness (QED) is 0.434. The molecule has 0 saturated heterocycles. The SMILES string of the molecule is NC(N)=NOCc1ccc(Cl)cc1. The molecule has 0 atom stereocenters. The van der Waals surface area contributed by atoms with Crippen molar-refractivity contribution < 1.29 is 4.84 Å². The van der Waals surface area contributed by atoms with Gasteiger partial charge in [0.1, 0.15) is 6.61 Å². The molecule has 0 saturated carbocycles. The zero-order valence-electron chi connectivity index (χ0n) is 6.90. The molecule has 0 aliphatic carbocycles. The molecular formula is C8H10ClN3O. The molecule has 0 aliphatic heterocycles. The van der Waals surface area contributed by atoms with Crippen LogP contribution >= 0.6 is 11.6 Å². The molecule has 0 aliphatic rings. The fourth-order valence-electron chi connectivity index (χ4n) is 0.762. The van der Waals surface area contributed by atoms with Crippen molar-refractivity contribution in [2.24, 2.45) is 16.6 Å². The van der Waals surface area contributed by atoms with Gasteiger partial charge in [-0.2, -0.15) is 0 Å². The number of hydrogen-bond acceptors (Lipinski definition) is 2. The third kappa shape index (κ3) is 3.66. The summed E-state index contributed by atoms with van der Waals surface area (Å²) in [6.07, 6.45) is 0. The Morgan fingerprint density at radius 3 is 2.46 bits per heavy atom. The highest BCUT2D eigenvalue weighted by molar-refractivity contribution is 6.30. The van der Waals surface area contributed by atoms with Crippen molar-refractivity contribution in [2.45, 2.75) is 6.61 Å². The Balaban J connectivity index is 2.46. The van der Waals surface area contributed by atoms with Gasteiger partial charge in [-0.3, -0.25) is 0 Å². The van der Waals surface area contributed by atoms with Crippen LogP contribution < -0.4 is 11.5 Å². The molecule has 0 fully saturated rings. The molecule has 1 aromatic rings. The highest BCUT2D eigenvalue weighted by atomic mass is 35.5. The Hall–Kier alpha value is -1.42. The normalized spacial score (nSPS) is 9.31. The first-order chi connectivity index (χ1) is 6.18. The van der Waals surface area contributed by atoms with E-state index in [9.17, 15) is 0 Å². The van der Waals surface area contributed by atoms with E-state index in [0.717, 1.165) is 5.56 Å². The molecule has 70 valence electrons. The van der Waals surface area contributed by atoms with Crippen molar-refractivity contribution in [1.29, 1.82) is 0 Å². The van der Waals surface area contributed by atoms with Gasteiger partial charge < -0.3 is 16.3 Å². The van der Waals surface area contributed by atoms with Crippen molar-refractivity contribution in [1.82, 2.24) is 0 Å². The van der Waals surface area contributed by atoms with E-state index in [1.165, 1.54) is 0 Å². The van der Waals surface area contributed by atoms with E-state index in [2.05, 4.69) is 5.16 Å². The van der Waals surface area contributed by atoms with Crippen LogP contribution in [-0.4, -0.2) is 5.96 Å². The molecule has 0 radical (unpaired) electrons. The smallest absolute Gasteiger partial charge is 0.228 e. The van der Waals surface area contributed by atoms with Crippen LogP contribution in [-0.2, 0) is 11.4 Å². The van der Waals surface area contributed by atoms with Crippen LogP contribution in [0.5, 0.6) is 0 Å². The van der Waals surface area contributed by atoms with Crippen LogP contribution in [0.4, 0.5) is 0 Å². The molecule has 0 unspecified atom stereocenters. The first-order valence-electron chi connectivity index (χ1n) is 3.64. The highest BCUT2D eigenvalue weighted by Crippen LogP contribution is 2.09. The summed E-state index contributed by atoms with van der Waals surface area (Å²) in [5.74, 6) is -0.0889. The lowest BCUT2D eigenvalue weighted by molar-refractivity contribution is 0.130. The lowest BCUT2D eigenvalue weighted by atomic mass is 10.2. The third-order valence-corrected chi connectivity index (χ3v) is 1.57. The molecule has 4 nitrogen and oxygen atoms in total. The van der Waals surface area contributed by atoms with Crippen LogP contribution in [0.1, 0.15) is 5.56 Å². The average Bonchev–Trinajstić information content (AvgIpc) is 2.08. The predicted molar refractivity (Wildman–Crippen MR) is 52.1 cm³/mol. The number of benzene rings is 1. The topological polar surface area (TPSA) is 73.6 Å². The molecule has 0 amide bonds. The lowest BCUT2D eigenvalue weighted by Crippen LogP contribution is -2.22. The fourth-order valence-corrected chi connectivity index (χ4v) is 0.888. The van der Waals surface area contributed by atoms with Gasteiger partial charge in [0.05, 0.1) is 0 Å². The molecule has 4 N–H and O–H groups in total. The van der Waals surface area contributed by atoms with Gasteiger partial charge in [0.2, 0.25) is 5.96 Å². The van der Waals surface area contributed by atoms with Crippen LogP contribution in [0.25, 0.3) is 0 Å². The minimum Gasteiger partial charge on any atom is -0.388 e. The first kappa shape index (κ1) is 9.67. The Labute approximate surface area is 81.1 Å². The molecule has 0 heterocycles. The average molecular weight is 200 g/mol. The van der Waals surface area contributed by atoms with Crippen molar-refractivity contribution in [3.63, 3.8) is 0 Å². The van der Waals surface area contributed by atoms with Gasteiger partial charge in [-0.25, -0.2) is 0 Å². The summed E-state index contributed by atoms with van der Waals surface area (Å²) in [5.41, 5.74) is 11.1. The van der Waals surface area contributed by atoms with Crippen molar-refractivity contribution >= 4 is 17.6 Å². The largest absolute Gasteiger partial charge is 0.388 e. The van der Waals surface area contributed by atoms with Gasteiger partial charge in [0, 0.05) is 5.02 Å². The van der Waals surface area contributed by atoms with Crippen molar-refractivity contribution in [3.8, 4) is 0 Å². The Morgan fingerprint density at radius 2 is 1.92 bits per heavy atom. The van der Waals surface area contributed by atoms with Gasteiger partial charge in [-0.05, 0) is 22.9 Å². The molecule has 0 bridgehead atoms. The van der Waals surface area contributed by atoms with Gasteiger partial charge >= 0.3 is 0 Å². The summed E-state index contributed by atoms with van der Waals surface area (Å²) < 4.78 is 0. The second-order valence-electron chi connectivity index (χ2n) is 2.42. The fraction of sp³-hybridized carbons (Fsp3) is 0.125. The Bertz CT molecular complexity index is 293. The third-order valence-electron chi connectivity index (χ3n) is 1.31. The maximum Gasteiger partial charge on any atom is 0.228 e. The molecule has 1 aromatic carbocycles. The summed E-state index contributed by atoms with van der Waals surface area (Å²) >= 11 is 5.69. The summed E-state index contributed by atoms with van der Waals surface area (Å²) in [6.45, 7) is 0.328. The first-order valence-corrected chi connectivity index (χ1v) is 4.01. The van der Waals surface area contributed by atoms with Crippen LogP contribution in [0.3, 0.4) is 0 Å². The lowest BCUT2D eigenvalue weighted by Gasteiger charge is -1.99. The van der Waals surface area contributed by atoms with E-state index < -0.39 is 0 Å². The highest BCUT2D eigenvalue weighted by Gasteiger charge is 1.92. The molecule has 5 heteroatoms. The molecular weight excluding hydrogens is 190 g/mol. The number of nitrogens with zero attached hydrogens (tertiary/aromatic N) is 1. The minimum atomic E-state index is -0.0889. The van der Waals surface area contributed by atoms with E-state index >= 15 is 0 Å². The molecule has 0 aromatic heterocycles. The number of hydrogen-bond donors (Lipinski definition) is 2. The summed E-state index contributed by atoms with van der Waals surface area (Å²) in [7, 11) is 0. The van der Waals surface area contributed by atoms with Crippen LogP contribution in [0, 0.1) is 0 Å². The monoisotopic (exact) mass is 199 g/mol. The standard InChI is InChI=1S/C8H10ClN3O/c9-7-3-1-6(2-4-7)5-13-12-8(10)11/h1-4H,5H2,(H4,10,11,12). The number of nitrogens with two attached hydrogens (primary N) is 2. The number of guanidine groups is 1. The summed E-state index contributed by atoms with van der Waals surface area (Å²) in [5, 5.41) is 4.07. The number of rotatable bonds is 3. The van der Waals surface area contributed by atoms with E-state index in [1.807, 2.05) is 12.1 Å². The van der Waals surface area contributed by atoms with Gasteiger partial charge in [-0.15, -0.1) is 0 Å². The van der Waals surface area contributed by atoms with Crippen molar-refractivity contribution in [3.05, 3.63) is 34.9 Å². The van der Waals surface area contributed by atoms with E-state index in [0.29, 0.717) is 11.6 Å². The molecule has 13 heavy (non-hydrogen) atoms. The summed E-state index contributed by atoms with van der Waals surface area (Å²) in [6, 6.07) is 7.22. The predicted octanol–water partition coefficient (Wildman–Crippen LogP) is 1.05. The molecule has 1 rings (SSSR count). The maximum atomic E-state index is 5.69. The van der Waals surface area contributed by atoms with Crippen LogP contribution in [0.15, 0.2) is 29.4 Å². The molecule has 0 spiro atoms. The Morgan fingerprint density at radius 1 is 1.31 bits per heavy atom. The van der Waals surface area contributed by atoms with E-state index in [4.69, 9.17) is 27.9 Å². The number of oxime groups is 1. The van der Waals surface area contributed by atoms with Crippen LogP contribution in [0.2, 0.25) is 5.02 Å². The van der Waals surface area contributed by atoms with E-state index in [-0.39, 0.29) is 5.96 Å². The zero-order chi connectivity index (χ0) is 9.68. The Kier molecular flexibility index (Phi) is 3.40. The van der Waals surface area contributed by atoms with Gasteiger partial charge in [-0.1, -0.05) is 23.7 Å². The second kappa shape index (κ2) is 4.57. The van der Waals surface area contributed by atoms with Gasteiger partial charge in [0.15, 0.2) is 0 Å². The summed E-state index contributed by atoms with van der Waals surface area (Å²) in [4.78, 5) is 4.82. The van der Waals surface area contributed by atoms with Crippen molar-refractivity contribution in [2.75, 3.05) is 0 Å².